The van der Waals surface area contributed by atoms with Gasteiger partial charge in [0, 0.05) is 13.9 Å². The maximum absolute atomic E-state index is 2.53. The lowest BCUT2D eigenvalue weighted by molar-refractivity contribution is -0.00000489. The molecular weight excluding hydrogens is 331 g/mol. The Bertz CT molecular complexity index is 609. The van der Waals surface area contributed by atoms with Gasteiger partial charge in [-0.25, -0.2) is 0 Å². The van der Waals surface area contributed by atoms with Crippen molar-refractivity contribution in [2.24, 2.45) is 0 Å². The summed E-state index contributed by atoms with van der Waals surface area (Å²) in [6, 6.07) is 32.9. The quantitative estimate of drug-likeness (QED) is 0.596. The van der Waals surface area contributed by atoms with Crippen molar-refractivity contribution < 1.29 is 12.4 Å². The lowest BCUT2D eigenvalue weighted by Crippen LogP contribution is -3.00. The second-order valence-corrected chi connectivity index (χ2v) is 10.7. The molecule has 0 aliphatic carbocycles. The van der Waals surface area contributed by atoms with Gasteiger partial charge in [-0.2, -0.15) is 0 Å². The van der Waals surface area contributed by atoms with Gasteiger partial charge in [0.25, 0.3) is 0 Å². The molecule has 24 heavy (non-hydrogen) atoms. The first-order valence-corrected chi connectivity index (χ1v) is 11.0. The van der Waals surface area contributed by atoms with Gasteiger partial charge >= 0.3 is 0 Å². The zero-order valence-corrected chi connectivity index (χ0v) is 15.8. The Balaban J connectivity index is 0.00000208. The molecule has 3 aromatic rings. The molecule has 0 amide bonds. The van der Waals surface area contributed by atoms with Gasteiger partial charge in [0.05, 0.1) is 18.5 Å². The molecule has 0 saturated heterocycles. The van der Waals surface area contributed by atoms with Crippen LogP contribution in [0.4, 0.5) is 0 Å². The van der Waals surface area contributed by atoms with Crippen LogP contribution in [-0.4, -0.2) is 6.66 Å². The SMILES string of the molecule is C[P+](Cc1ccccc1)(Cc1ccccc1)Cc1ccccc1.[Cl-]. The molecule has 0 aliphatic rings. The third-order valence-corrected chi connectivity index (χ3v) is 7.61. The minimum atomic E-state index is -1.14. The maximum atomic E-state index is 2.53. The summed E-state index contributed by atoms with van der Waals surface area (Å²) in [4.78, 5) is 0. The van der Waals surface area contributed by atoms with E-state index in [2.05, 4.69) is 97.7 Å². The van der Waals surface area contributed by atoms with Gasteiger partial charge in [0.1, 0.15) is 0 Å². The summed E-state index contributed by atoms with van der Waals surface area (Å²) in [5.74, 6) is 0. The lowest BCUT2D eigenvalue weighted by atomic mass is 10.2. The molecule has 0 bridgehead atoms. The summed E-state index contributed by atoms with van der Waals surface area (Å²) in [7, 11) is -1.14. The van der Waals surface area contributed by atoms with Gasteiger partial charge in [0.2, 0.25) is 0 Å². The van der Waals surface area contributed by atoms with Crippen LogP contribution >= 0.6 is 7.26 Å². The van der Waals surface area contributed by atoms with Crippen molar-refractivity contribution in [3.05, 3.63) is 108 Å². The topological polar surface area (TPSA) is 0 Å². The van der Waals surface area contributed by atoms with Crippen molar-refractivity contribution >= 4 is 7.26 Å². The summed E-state index contributed by atoms with van der Waals surface area (Å²) < 4.78 is 0. The fourth-order valence-electron chi connectivity index (χ4n) is 3.24. The van der Waals surface area contributed by atoms with Crippen LogP contribution in [0.1, 0.15) is 16.7 Å². The fraction of sp³-hybridized carbons (Fsp3) is 0.182. The van der Waals surface area contributed by atoms with Crippen LogP contribution in [0.2, 0.25) is 0 Å². The summed E-state index contributed by atoms with van der Waals surface area (Å²) >= 11 is 0. The molecule has 0 unspecified atom stereocenters. The van der Waals surface area contributed by atoms with Crippen LogP contribution in [-0.2, 0) is 18.5 Å². The number of rotatable bonds is 6. The molecule has 0 heterocycles. The predicted molar refractivity (Wildman–Crippen MR) is 103 cm³/mol. The average molecular weight is 355 g/mol. The Morgan fingerprint density at radius 3 is 1.00 bits per heavy atom. The summed E-state index contributed by atoms with van der Waals surface area (Å²) in [6.07, 6.45) is 3.62. The van der Waals surface area contributed by atoms with E-state index in [1.54, 1.807) is 0 Å². The van der Waals surface area contributed by atoms with E-state index in [0.717, 1.165) is 0 Å². The predicted octanol–water partition coefficient (Wildman–Crippen LogP) is 3.24. The van der Waals surface area contributed by atoms with Crippen molar-refractivity contribution in [3.63, 3.8) is 0 Å². The van der Waals surface area contributed by atoms with Crippen LogP contribution in [0.3, 0.4) is 0 Å². The van der Waals surface area contributed by atoms with E-state index in [1.165, 1.54) is 35.2 Å². The second kappa shape index (κ2) is 9.02. The normalized spacial score (nSPS) is 10.9. The number of benzene rings is 3. The monoisotopic (exact) mass is 354 g/mol. The molecule has 2 heteroatoms. The van der Waals surface area contributed by atoms with Crippen molar-refractivity contribution in [2.45, 2.75) is 18.5 Å². The largest absolute Gasteiger partial charge is 1.00 e. The highest BCUT2D eigenvalue weighted by Gasteiger charge is 2.32. The minimum Gasteiger partial charge on any atom is -1.00 e. The molecule has 0 saturated carbocycles. The van der Waals surface area contributed by atoms with Gasteiger partial charge in [-0.15, -0.1) is 0 Å². The molecule has 0 spiro atoms. The highest BCUT2D eigenvalue weighted by atomic mass is 35.5. The third kappa shape index (κ3) is 5.48. The van der Waals surface area contributed by atoms with Gasteiger partial charge < -0.3 is 12.4 Å². The van der Waals surface area contributed by atoms with E-state index < -0.39 is 7.26 Å². The van der Waals surface area contributed by atoms with Gasteiger partial charge in [-0.3, -0.25) is 0 Å². The van der Waals surface area contributed by atoms with Crippen LogP contribution in [0.25, 0.3) is 0 Å². The second-order valence-electron chi connectivity index (χ2n) is 6.55. The minimum absolute atomic E-state index is 0. The third-order valence-electron chi connectivity index (χ3n) is 4.22. The maximum Gasteiger partial charge on any atom is 0.0846 e. The van der Waals surface area contributed by atoms with Crippen molar-refractivity contribution in [1.82, 2.24) is 0 Å². The van der Waals surface area contributed by atoms with E-state index >= 15 is 0 Å². The molecule has 0 N–H and O–H groups in total. The van der Waals surface area contributed by atoms with Crippen LogP contribution in [0.5, 0.6) is 0 Å². The average Bonchev–Trinajstić information content (AvgIpc) is 2.57. The first-order chi connectivity index (χ1) is 11.2. The van der Waals surface area contributed by atoms with Crippen LogP contribution in [0, 0.1) is 0 Å². The molecule has 0 aliphatic heterocycles. The van der Waals surface area contributed by atoms with E-state index in [9.17, 15) is 0 Å². The van der Waals surface area contributed by atoms with E-state index in [0.29, 0.717) is 0 Å². The standard InChI is InChI=1S/C22H24P.ClH/c1-23(17-20-11-5-2-6-12-20,18-21-13-7-3-8-14-21)19-22-15-9-4-10-16-22;/h2-16H,17-19H2,1H3;1H/q+1;/p-1. The fourth-order valence-corrected chi connectivity index (χ4v) is 6.85. The molecular formula is C22H24ClP. The first kappa shape index (κ1) is 18.7. The van der Waals surface area contributed by atoms with E-state index in [-0.39, 0.29) is 12.4 Å². The zero-order valence-electron chi connectivity index (χ0n) is 14.1. The summed E-state index contributed by atoms with van der Waals surface area (Å²) in [6.45, 7) is 2.53. The number of hydrogen-bond acceptors (Lipinski definition) is 0. The molecule has 0 aromatic heterocycles. The zero-order chi connectivity index (χ0) is 16.0. The molecule has 0 nitrogen and oxygen atoms in total. The molecule has 0 fully saturated rings. The number of hydrogen-bond donors (Lipinski definition) is 0. The molecule has 0 radical (unpaired) electrons. The van der Waals surface area contributed by atoms with Crippen LogP contribution < -0.4 is 12.4 Å². The lowest BCUT2D eigenvalue weighted by Gasteiger charge is -2.24. The smallest absolute Gasteiger partial charge is 0.0846 e. The summed E-state index contributed by atoms with van der Waals surface area (Å²) in [5.41, 5.74) is 4.40. The van der Waals surface area contributed by atoms with Gasteiger partial charge in [-0.05, 0) is 16.7 Å². The molecule has 0 atom stereocenters. The Kier molecular flexibility index (Phi) is 7.03. The Morgan fingerprint density at radius 2 is 0.750 bits per heavy atom. The first-order valence-electron chi connectivity index (χ1n) is 8.19. The summed E-state index contributed by atoms with van der Waals surface area (Å²) in [5, 5.41) is 0. The van der Waals surface area contributed by atoms with Gasteiger partial charge in [0.15, 0.2) is 0 Å². The Morgan fingerprint density at radius 1 is 0.500 bits per heavy atom. The van der Waals surface area contributed by atoms with Gasteiger partial charge in [-0.1, -0.05) is 91.0 Å². The highest BCUT2D eigenvalue weighted by Crippen LogP contribution is 2.63. The molecule has 3 rings (SSSR count). The highest BCUT2D eigenvalue weighted by molar-refractivity contribution is 7.72. The molecule has 124 valence electrons. The van der Waals surface area contributed by atoms with Crippen LogP contribution in [0.15, 0.2) is 91.0 Å². The van der Waals surface area contributed by atoms with Crippen molar-refractivity contribution in [1.29, 1.82) is 0 Å². The Labute approximate surface area is 152 Å². The van der Waals surface area contributed by atoms with Crippen molar-refractivity contribution in [2.75, 3.05) is 6.66 Å². The Hall–Kier alpha value is -1.62. The van der Waals surface area contributed by atoms with Crippen molar-refractivity contribution in [3.8, 4) is 0 Å². The molecule has 3 aromatic carbocycles. The van der Waals surface area contributed by atoms with E-state index in [4.69, 9.17) is 0 Å². The van der Waals surface area contributed by atoms with E-state index in [1.807, 2.05) is 0 Å². The number of halogens is 1.